The molecule has 2 nitrogen and oxygen atoms in total. The van der Waals surface area contributed by atoms with Gasteiger partial charge in [0.1, 0.15) is 5.82 Å². The van der Waals surface area contributed by atoms with E-state index in [0.29, 0.717) is 11.6 Å². The molecule has 0 aromatic heterocycles. The zero-order valence-corrected chi connectivity index (χ0v) is 10.3. The monoisotopic (exact) mass is 238 g/mol. The fourth-order valence-electron chi connectivity index (χ4n) is 1.54. The molecule has 1 heterocycles. The first-order valence-electron chi connectivity index (χ1n) is 5.39. The van der Waals surface area contributed by atoms with E-state index in [-0.39, 0.29) is 5.82 Å². The first-order valence-corrected chi connectivity index (χ1v) is 6.37. The van der Waals surface area contributed by atoms with Gasteiger partial charge < -0.3 is 5.32 Å². The normalized spacial score (nSPS) is 20.4. The predicted octanol–water partition coefficient (Wildman–Crippen LogP) is 3.43. The van der Waals surface area contributed by atoms with Gasteiger partial charge in [0, 0.05) is 11.4 Å². The van der Waals surface area contributed by atoms with E-state index in [9.17, 15) is 4.39 Å². The first-order chi connectivity index (χ1) is 7.65. The maximum atomic E-state index is 13.1. The molecule has 1 aromatic carbocycles. The van der Waals surface area contributed by atoms with Crippen LogP contribution >= 0.6 is 11.8 Å². The molecular formula is C12H15FN2S. The van der Waals surface area contributed by atoms with Crippen molar-refractivity contribution in [2.45, 2.75) is 26.3 Å². The molecule has 4 heteroatoms. The van der Waals surface area contributed by atoms with Crippen LogP contribution in [0.1, 0.15) is 18.9 Å². The number of hydrogen-bond acceptors (Lipinski definition) is 3. The van der Waals surface area contributed by atoms with Gasteiger partial charge in [-0.25, -0.2) is 4.39 Å². The largest absolute Gasteiger partial charge is 0.335 e. The van der Waals surface area contributed by atoms with Gasteiger partial charge in [-0.1, -0.05) is 11.8 Å². The van der Waals surface area contributed by atoms with Crippen molar-refractivity contribution < 1.29 is 4.39 Å². The molecule has 1 aliphatic rings. The van der Waals surface area contributed by atoms with Crippen LogP contribution in [-0.2, 0) is 0 Å². The van der Waals surface area contributed by atoms with Crippen LogP contribution < -0.4 is 5.32 Å². The van der Waals surface area contributed by atoms with E-state index in [2.05, 4.69) is 17.2 Å². The van der Waals surface area contributed by atoms with Gasteiger partial charge >= 0.3 is 0 Å². The fraction of sp³-hybridized carbons (Fsp3) is 0.417. The minimum absolute atomic E-state index is 0.169. The SMILES string of the molecule is Cc1cc(NC2=NC(C)CCS2)ccc1F. The molecule has 86 valence electrons. The van der Waals surface area contributed by atoms with E-state index in [1.54, 1.807) is 30.8 Å². The summed E-state index contributed by atoms with van der Waals surface area (Å²) in [5.41, 5.74) is 1.55. The van der Waals surface area contributed by atoms with E-state index in [0.717, 1.165) is 23.0 Å². The average molecular weight is 238 g/mol. The van der Waals surface area contributed by atoms with E-state index < -0.39 is 0 Å². The number of halogens is 1. The number of nitrogens with one attached hydrogen (secondary N) is 1. The molecule has 1 aromatic rings. The molecule has 1 atom stereocenters. The molecule has 0 saturated heterocycles. The Balaban J connectivity index is 2.11. The minimum atomic E-state index is -0.169. The summed E-state index contributed by atoms with van der Waals surface area (Å²) < 4.78 is 13.1. The second-order valence-corrected chi connectivity index (χ2v) is 5.09. The third kappa shape index (κ3) is 2.76. The summed E-state index contributed by atoms with van der Waals surface area (Å²) in [6.45, 7) is 3.87. The van der Waals surface area contributed by atoms with Crippen molar-refractivity contribution in [3.63, 3.8) is 0 Å². The highest BCUT2D eigenvalue weighted by Crippen LogP contribution is 2.20. The molecule has 1 N–H and O–H groups in total. The Morgan fingerprint density at radius 3 is 3.00 bits per heavy atom. The number of thioether (sulfide) groups is 1. The summed E-state index contributed by atoms with van der Waals surface area (Å²) in [4.78, 5) is 4.50. The van der Waals surface area contributed by atoms with Crippen molar-refractivity contribution in [1.29, 1.82) is 0 Å². The van der Waals surface area contributed by atoms with Crippen molar-refractivity contribution in [3.8, 4) is 0 Å². The smallest absolute Gasteiger partial charge is 0.161 e. The van der Waals surface area contributed by atoms with Crippen LogP contribution in [0.5, 0.6) is 0 Å². The van der Waals surface area contributed by atoms with Crippen LogP contribution in [0.4, 0.5) is 10.1 Å². The Bertz CT molecular complexity index is 417. The highest BCUT2D eigenvalue weighted by atomic mass is 32.2. The summed E-state index contributed by atoms with van der Waals surface area (Å²) in [7, 11) is 0. The van der Waals surface area contributed by atoms with Gasteiger partial charge in [-0.2, -0.15) is 0 Å². The number of nitrogens with zero attached hydrogens (tertiary/aromatic N) is 1. The fourth-order valence-corrected chi connectivity index (χ4v) is 2.64. The maximum absolute atomic E-state index is 13.1. The number of benzene rings is 1. The first kappa shape index (κ1) is 11.5. The third-order valence-corrected chi connectivity index (χ3v) is 3.44. The van der Waals surface area contributed by atoms with Gasteiger partial charge in [-0.15, -0.1) is 0 Å². The molecule has 0 fully saturated rings. The predicted molar refractivity (Wildman–Crippen MR) is 68.7 cm³/mol. The zero-order valence-electron chi connectivity index (χ0n) is 9.46. The highest BCUT2D eigenvalue weighted by Gasteiger charge is 2.11. The number of amidine groups is 1. The molecule has 0 radical (unpaired) electrons. The number of anilines is 1. The van der Waals surface area contributed by atoms with Crippen molar-refractivity contribution in [1.82, 2.24) is 0 Å². The highest BCUT2D eigenvalue weighted by molar-refractivity contribution is 8.14. The lowest BCUT2D eigenvalue weighted by Crippen LogP contribution is -2.18. The molecule has 1 unspecified atom stereocenters. The molecule has 0 saturated carbocycles. The van der Waals surface area contributed by atoms with Gasteiger partial charge in [-0.05, 0) is 44.0 Å². The molecule has 16 heavy (non-hydrogen) atoms. The van der Waals surface area contributed by atoms with Crippen LogP contribution in [0.15, 0.2) is 23.2 Å². The second kappa shape index (κ2) is 4.87. The van der Waals surface area contributed by atoms with Crippen LogP contribution in [-0.4, -0.2) is 17.0 Å². The Hall–Kier alpha value is -1.03. The van der Waals surface area contributed by atoms with Crippen molar-refractivity contribution >= 4 is 22.6 Å². The van der Waals surface area contributed by atoms with Crippen molar-refractivity contribution in [2.24, 2.45) is 4.99 Å². The Morgan fingerprint density at radius 1 is 1.50 bits per heavy atom. The number of rotatable bonds is 1. The lowest BCUT2D eigenvalue weighted by atomic mass is 10.2. The molecule has 0 spiro atoms. The maximum Gasteiger partial charge on any atom is 0.161 e. The molecule has 1 aliphatic heterocycles. The van der Waals surface area contributed by atoms with Crippen molar-refractivity contribution in [3.05, 3.63) is 29.6 Å². The van der Waals surface area contributed by atoms with Crippen LogP contribution in [0.3, 0.4) is 0 Å². The van der Waals surface area contributed by atoms with E-state index in [1.807, 2.05) is 0 Å². The zero-order chi connectivity index (χ0) is 11.5. The lowest BCUT2D eigenvalue weighted by molar-refractivity contribution is 0.619. The molecule has 0 amide bonds. The van der Waals surface area contributed by atoms with Gasteiger partial charge in [0.05, 0.1) is 6.04 Å². The van der Waals surface area contributed by atoms with Crippen LogP contribution in [0.25, 0.3) is 0 Å². The molecule has 0 aliphatic carbocycles. The summed E-state index contributed by atoms with van der Waals surface area (Å²) in [6.07, 6.45) is 1.12. The Morgan fingerprint density at radius 2 is 2.31 bits per heavy atom. The van der Waals surface area contributed by atoms with E-state index in [1.165, 1.54) is 6.07 Å². The van der Waals surface area contributed by atoms with Gasteiger partial charge in [0.2, 0.25) is 0 Å². The van der Waals surface area contributed by atoms with E-state index >= 15 is 0 Å². The second-order valence-electron chi connectivity index (χ2n) is 4.01. The van der Waals surface area contributed by atoms with Gasteiger partial charge in [0.25, 0.3) is 0 Å². The molecule has 2 rings (SSSR count). The standard InChI is InChI=1S/C12H15FN2S/c1-8-7-10(3-4-11(8)13)15-12-14-9(2)5-6-16-12/h3-4,7,9H,5-6H2,1-2H3,(H,14,15). The Labute approximate surface area is 99.3 Å². The number of aryl methyl sites for hydroxylation is 1. The number of hydrogen-bond donors (Lipinski definition) is 1. The third-order valence-electron chi connectivity index (χ3n) is 2.52. The van der Waals surface area contributed by atoms with Gasteiger partial charge in [0.15, 0.2) is 5.17 Å². The van der Waals surface area contributed by atoms with Gasteiger partial charge in [-0.3, -0.25) is 4.99 Å². The quantitative estimate of drug-likeness (QED) is 0.810. The Kier molecular flexibility index (Phi) is 3.49. The molecular weight excluding hydrogens is 223 g/mol. The number of aliphatic imine (C=N–C) groups is 1. The van der Waals surface area contributed by atoms with Crippen LogP contribution in [0, 0.1) is 12.7 Å². The van der Waals surface area contributed by atoms with E-state index in [4.69, 9.17) is 0 Å². The summed E-state index contributed by atoms with van der Waals surface area (Å²) in [6, 6.07) is 5.41. The summed E-state index contributed by atoms with van der Waals surface area (Å²) in [5, 5.41) is 4.16. The summed E-state index contributed by atoms with van der Waals surface area (Å²) in [5.74, 6) is 0.921. The van der Waals surface area contributed by atoms with Crippen LogP contribution in [0.2, 0.25) is 0 Å². The average Bonchev–Trinajstić information content (AvgIpc) is 2.24. The lowest BCUT2D eigenvalue weighted by Gasteiger charge is -2.17. The minimum Gasteiger partial charge on any atom is -0.335 e. The topological polar surface area (TPSA) is 24.4 Å². The summed E-state index contributed by atoms with van der Waals surface area (Å²) >= 11 is 1.72. The van der Waals surface area contributed by atoms with Crippen molar-refractivity contribution in [2.75, 3.05) is 11.1 Å². The molecule has 0 bridgehead atoms.